The lowest BCUT2D eigenvalue weighted by Gasteiger charge is -2.11. The molecule has 0 saturated carbocycles. The van der Waals surface area contributed by atoms with Crippen molar-refractivity contribution < 1.29 is 17.9 Å². The molecule has 0 aliphatic carbocycles. The van der Waals surface area contributed by atoms with Crippen molar-refractivity contribution in [1.29, 1.82) is 0 Å². The van der Waals surface area contributed by atoms with E-state index in [-0.39, 0.29) is 17.5 Å². The summed E-state index contributed by atoms with van der Waals surface area (Å²) in [4.78, 5) is 12.1. The maximum atomic E-state index is 12.0. The van der Waals surface area contributed by atoms with Crippen molar-refractivity contribution in [2.75, 3.05) is 11.9 Å². The third-order valence-corrected chi connectivity index (χ3v) is 5.32. The Labute approximate surface area is 162 Å². The van der Waals surface area contributed by atoms with Gasteiger partial charge in [0.05, 0.1) is 15.6 Å². The Morgan fingerprint density at radius 3 is 2.35 bits per heavy atom. The second kappa shape index (κ2) is 8.73. The number of hydrogen-bond donors (Lipinski definition) is 2. The summed E-state index contributed by atoms with van der Waals surface area (Å²) in [6.45, 7) is 3.22. The molecule has 2 aromatic carbocycles. The monoisotopic (exact) mass is 416 g/mol. The molecule has 0 bridgehead atoms. The van der Waals surface area contributed by atoms with E-state index >= 15 is 0 Å². The molecular weight excluding hydrogens is 399 g/mol. The second-order valence-corrected chi connectivity index (χ2v) is 8.27. The van der Waals surface area contributed by atoms with Crippen molar-refractivity contribution in [3.05, 3.63) is 52.5 Å². The van der Waals surface area contributed by atoms with Crippen LogP contribution in [0.1, 0.15) is 13.8 Å². The van der Waals surface area contributed by atoms with Crippen LogP contribution in [0.25, 0.3) is 0 Å². The van der Waals surface area contributed by atoms with Gasteiger partial charge in [-0.05, 0) is 56.3 Å². The van der Waals surface area contributed by atoms with Gasteiger partial charge in [-0.3, -0.25) is 4.79 Å². The number of anilines is 1. The summed E-state index contributed by atoms with van der Waals surface area (Å²) in [6, 6.07) is 10.3. The molecule has 0 spiro atoms. The summed E-state index contributed by atoms with van der Waals surface area (Å²) < 4.78 is 31.9. The van der Waals surface area contributed by atoms with Crippen LogP contribution in [0.3, 0.4) is 0 Å². The summed E-state index contributed by atoms with van der Waals surface area (Å²) in [5, 5.41) is 3.39. The molecule has 9 heteroatoms. The van der Waals surface area contributed by atoms with E-state index in [9.17, 15) is 13.2 Å². The normalized spacial score (nSPS) is 11.4. The highest BCUT2D eigenvalue weighted by Gasteiger charge is 2.15. The molecule has 0 aliphatic heterocycles. The molecule has 0 heterocycles. The summed E-state index contributed by atoms with van der Waals surface area (Å²) in [5.41, 5.74) is 0.422. The third-order valence-electron chi connectivity index (χ3n) is 3.10. The highest BCUT2D eigenvalue weighted by molar-refractivity contribution is 7.89. The standard InChI is InChI=1S/C17H18Cl2N2O4S/c1-11(2)21-26(23,24)14-6-4-13(5-7-14)25-10-17(22)20-16-8-3-12(18)9-15(16)19/h3-9,11,21H,10H2,1-2H3,(H,20,22). The van der Waals surface area contributed by atoms with Gasteiger partial charge in [0.1, 0.15) is 5.75 Å². The van der Waals surface area contributed by atoms with Crippen LogP contribution in [-0.4, -0.2) is 27.0 Å². The van der Waals surface area contributed by atoms with Crippen LogP contribution in [-0.2, 0) is 14.8 Å². The molecule has 140 valence electrons. The molecule has 0 unspecified atom stereocenters. The number of ether oxygens (including phenoxy) is 1. The summed E-state index contributed by atoms with van der Waals surface area (Å²) >= 11 is 11.8. The van der Waals surface area contributed by atoms with Crippen LogP contribution in [0.15, 0.2) is 47.4 Å². The number of amides is 1. The van der Waals surface area contributed by atoms with E-state index in [1.54, 1.807) is 26.0 Å². The maximum Gasteiger partial charge on any atom is 0.262 e. The highest BCUT2D eigenvalue weighted by Crippen LogP contribution is 2.25. The zero-order chi connectivity index (χ0) is 19.3. The van der Waals surface area contributed by atoms with Crippen LogP contribution in [0.4, 0.5) is 5.69 Å². The number of carbonyl (C=O) groups excluding carboxylic acids is 1. The minimum atomic E-state index is -3.57. The van der Waals surface area contributed by atoms with Crippen LogP contribution in [0.2, 0.25) is 10.0 Å². The van der Waals surface area contributed by atoms with Crippen molar-refractivity contribution in [2.24, 2.45) is 0 Å². The number of rotatable bonds is 7. The quantitative estimate of drug-likeness (QED) is 0.720. The van der Waals surface area contributed by atoms with E-state index in [0.29, 0.717) is 21.5 Å². The summed E-state index contributed by atoms with van der Waals surface area (Å²) in [5.74, 6) is -0.0433. The first-order valence-corrected chi connectivity index (χ1v) is 9.91. The fourth-order valence-electron chi connectivity index (χ4n) is 2.02. The summed E-state index contributed by atoms with van der Waals surface area (Å²) in [6.07, 6.45) is 0. The van der Waals surface area contributed by atoms with Crippen molar-refractivity contribution in [3.8, 4) is 5.75 Å². The van der Waals surface area contributed by atoms with Crippen molar-refractivity contribution in [2.45, 2.75) is 24.8 Å². The summed E-state index contributed by atoms with van der Waals surface area (Å²) in [7, 11) is -3.57. The van der Waals surface area contributed by atoms with Gasteiger partial charge in [0, 0.05) is 11.1 Å². The molecule has 0 radical (unpaired) electrons. The number of hydrogen-bond acceptors (Lipinski definition) is 4. The number of sulfonamides is 1. The lowest BCUT2D eigenvalue weighted by atomic mass is 10.3. The van der Waals surface area contributed by atoms with E-state index in [4.69, 9.17) is 27.9 Å². The van der Waals surface area contributed by atoms with E-state index in [2.05, 4.69) is 10.0 Å². The van der Waals surface area contributed by atoms with Crippen LogP contribution in [0, 0.1) is 0 Å². The Hall–Kier alpha value is -1.80. The average molecular weight is 417 g/mol. The molecule has 26 heavy (non-hydrogen) atoms. The number of carbonyl (C=O) groups is 1. The number of benzene rings is 2. The largest absolute Gasteiger partial charge is 0.484 e. The van der Waals surface area contributed by atoms with E-state index in [1.807, 2.05) is 0 Å². The molecule has 2 N–H and O–H groups in total. The van der Waals surface area contributed by atoms with E-state index in [1.165, 1.54) is 30.3 Å². The van der Waals surface area contributed by atoms with E-state index in [0.717, 1.165) is 0 Å². The first kappa shape index (κ1) is 20.5. The zero-order valence-electron chi connectivity index (χ0n) is 14.1. The van der Waals surface area contributed by atoms with Gasteiger partial charge in [-0.15, -0.1) is 0 Å². The van der Waals surface area contributed by atoms with Crippen LogP contribution in [0.5, 0.6) is 5.75 Å². The molecule has 0 fully saturated rings. The molecule has 0 atom stereocenters. The van der Waals surface area contributed by atoms with Gasteiger partial charge in [0.25, 0.3) is 5.91 Å². The minimum Gasteiger partial charge on any atom is -0.484 e. The highest BCUT2D eigenvalue weighted by atomic mass is 35.5. The van der Waals surface area contributed by atoms with Gasteiger partial charge < -0.3 is 10.1 Å². The maximum absolute atomic E-state index is 12.0. The van der Waals surface area contributed by atoms with Gasteiger partial charge in [-0.1, -0.05) is 23.2 Å². The van der Waals surface area contributed by atoms with Crippen molar-refractivity contribution >= 4 is 44.8 Å². The Bertz CT molecular complexity index is 884. The molecule has 6 nitrogen and oxygen atoms in total. The number of nitrogens with one attached hydrogen (secondary N) is 2. The van der Waals surface area contributed by atoms with Crippen LogP contribution < -0.4 is 14.8 Å². The molecule has 1 amide bonds. The molecule has 2 aromatic rings. The number of halogens is 2. The molecule has 0 aliphatic rings. The average Bonchev–Trinajstić information content (AvgIpc) is 2.55. The van der Waals surface area contributed by atoms with Crippen LogP contribution >= 0.6 is 23.2 Å². The topological polar surface area (TPSA) is 84.5 Å². The molecule has 0 aromatic heterocycles. The van der Waals surface area contributed by atoms with Gasteiger partial charge in [-0.25, -0.2) is 13.1 Å². The van der Waals surface area contributed by atoms with E-state index < -0.39 is 15.9 Å². The first-order valence-electron chi connectivity index (χ1n) is 7.67. The zero-order valence-corrected chi connectivity index (χ0v) is 16.5. The van der Waals surface area contributed by atoms with Crippen molar-refractivity contribution in [3.63, 3.8) is 0 Å². The lowest BCUT2D eigenvalue weighted by Crippen LogP contribution is -2.30. The smallest absolute Gasteiger partial charge is 0.262 e. The lowest BCUT2D eigenvalue weighted by molar-refractivity contribution is -0.118. The Kier molecular flexibility index (Phi) is 6.88. The van der Waals surface area contributed by atoms with Crippen molar-refractivity contribution in [1.82, 2.24) is 4.72 Å². The van der Waals surface area contributed by atoms with Gasteiger partial charge in [0.15, 0.2) is 6.61 Å². The second-order valence-electron chi connectivity index (χ2n) is 5.71. The molecule has 2 rings (SSSR count). The van der Waals surface area contributed by atoms with Gasteiger partial charge >= 0.3 is 0 Å². The van der Waals surface area contributed by atoms with Gasteiger partial charge in [0.2, 0.25) is 10.0 Å². The predicted molar refractivity (Wildman–Crippen MR) is 102 cm³/mol. The SMILES string of the molecule is CC(C)NS(=O)(=O)c1ccc(OCC(=O)Nc2ccc(Cl)cc2Cl)cc1. The minimum absolute atomic E-state index is 0.121. The Morgan fingerprint density at radius 2 is 1.77 bits per heavy atom. The fourth-order valence-corrected chi connectivity index (χ4v) is 3.73. The Morgan fingerprint density at radius 1 is 1.12 bits per heavy atom. The fraction of sp³-hybridized carbons (Fsp3) is 0.235. The predicted octanol–water partition coefficient (Wildman–Crippen LogP) is 3.70. The first-order chi connectivity index (χ1) is 12.2. The third kappa shape index (κ3) is 5.88. The molecule has 0 saturated heterocycles. The molecular formula is C17H18Cl2N2O4S. The Balaban J connectivity index is 1.94. The van der Waals surface area contributed by atoms with Gasteiger partial charge in [-0.2, -0.15) is 0 Å².